The largest absolute Gasteiger partial charge is 0.360 e. The van der Waals surface area contributed by atoms with Gasteiger partial charge in [0.05, 0.1) is 15.8 Å². The molecule has 4 nitrogen and oxygen atoms in total. The minimum atomic E-state index is -0.537. The number of nitrogens with one attached hydrogen (secondary N) is 2. The molecule has 1 aromatic heterocycles. The van der Waals surface area contributed by atoms with Gasteiger partial charge in [-0.05, 0) is 30.3 Å². The van der Waals surface area contributed by atoms with Crippen LogP contribution in [0, 0.1) is 5.82 Å². The number of rotatable bonds is 5. The van der Waals surface area contributed by atoms with Crippen molar-refractivity contribution in [3.63, 3.8) is 0 Å². The standard InChI is InChI=1S/C16H13BrFN3OS/c17-10-5-6-12(18)11(9-10)15(22)19-7-8-20-16-21-13-3-1-2-4-14(13)23-16/h1-6,9H,7-8H2,(H,19,22)(H,20,21). The molecule has 2 aromatic carbocycles. The highest BCUT2D eigenvalue weighted by Gasteiger charge is 2.11. The van der Waals surface area contributed by atoms with E-state index in [9.17, 15) is 9.18 Å². The number of hydrogen-bond acceptors (Lipinski definition) is 4. The van der Waals surface area contributed by atoms with Crippen molar-refractivity contribution in [2.75, 3.05) is 18.4 Å². The van der Waals surface area contributed by atoms with E-state index >= 15 is 0 Å². The average molecular weight is 394 g/mol. The topological polar surface area (TPSA) is 54.0 Å². The SMILES string of the molecule is O=C(NCCNc1nc2ccccc2s1)c1cc(Br)ccc1F. The Hall–Kier alpha value is -1.99. The highest BCUT2D eigenvalue weighted by Crippen LogP contribution is 2.24. The van der Waals surface area contributed by atoms with Crippen molar-refractivity contribution in [1.29, 1.82) is 0 Å². The summed E-state index contributed by atoms with van der Waals surface area (Å²) in [4.78, 5) is 16.4. The monoisotopic (exact) mass is 393 g/mol. The molecule has 0 aliphatic carbocycles. The highest BCUT2D eigenvalue weighted by atomic mass is 79.9. The quantitative estimate of drug-likeness (QED) is 0.643. The van der Waals surface area contributed by atoms with E-state index in [-0.39, 0.29) is 5.56 Å². The summed E-state index contributed by atoms with van der Waals surface area (Å²) < 4.78 is 15.4. The third kappa shape index (κ3) is 3.86. The predicted octanol–water partition coefficient (Wildman–Crippen LogP) is 4.04. The Labute approximate surface area is 144 Å². The first kappa shape index (κ1) is 15.9. The fraction of sp³-hybridized carbons (Fsp3) is 0.125. The van der Waals surface area contributed by atoms with E-state index in [2.05, 4.69) is 31.5 Å². The van der Waals surface area contributed by atoms with Gasteiger partial charge in [0.25, 0.3) is 5.91 Å². The molecular weight excluding hydrogens is 381 g/mol. The number of fused-ring (bicyclic) bond motifs is 1. The van der Waals surface area contributed by atoms with E-state index < -0.39 is 11.7 Å². The van der Waals surface area contributed by atoms with Gasteiger partial charge in [0.2, 0.25) is 0 Å². The lowest BCUT2D eigenvalue weighted by Crippen LogP contribution is -2.29. The molecule has 0 radical (unpaired) electrons. The number of halogens is 2. The molecule has 0 fully saturated rings. The first-order chi connectivity index (χ1) is 11.1. The van der Waals surface area contributed by atoms with Crippen LogP contribution < -0.4 is 10.6 Å². The zero-order chi connectivity index (χ0) is 16.2. The Balaban J connectivity index is 1.53. The maximum Gasteiger partial charge on any atom is 0.254 e. The summed E-state index contributed by atoms with van der Waals surface area (Å²) in [5, 5.41) is 6.64. The van der Waals surface area contributed by atoms with Gasteiger partial charge in [-0.15, -0.1) is 0 Å². The van der Waals surface area contributed by atoms with Crippen LogP contribution in [0.5, 0.6) is 0 Å². The number of amides is 1. The molecule has 0 unspecified atom stereocenters. The van der Waals surface area contributed by atoms with Gasteiger partial charge in [-0.25, -0.2) is 9.37 Å². The van der Waals surface area contributed by atoms with Gasteiger partial charge in [-0.3, -0.25) is 4.79 Å². The van der Waals surface area contributed by atoms with E-state index in [1.165, 1.54) is 12.1 Å². The summed E-state index contributed by atoms with van der Waals surface area (Å²) >= 11 is 4.78. The summed E-state index contributed by atoms with van der Waals surface area (Å²) in [6.07, 6.45) is 0. The molecule has 7 heteroatoms. The van der Waals surface area contributed by atoms with Crippen molar-refractivity contribution in [3.05, 3.63) is 58.3 Å². The van der Waals surface area contributed by atoms with Crippen molar-refractivity contribution in [2.24, 2.45) is 0 Å². The van der Waals surface area contributed by atoms with E-state index in [0.717, 1.165) is 15.3 Å². The van der Waals surface area contributed by atoms with Crippen LogP contribution >= 0.6 is 27.3 Å². The number of nitrogens with zero attached hydrogens (tertiary/aromatic N) is 1. The number of thiazole rings is 1. The Morgan fingerprint density at radius 1 is 1.22 bits per heavy atom. The van der Waals surface area contributed by atoms with Crippen LogP contribution in [0.1, 0.15) is 10.4 Å². The molecule has 3 aromatic rings. The predicted molar refractivity (Wildman–Crippen MR) is 94.5 cm³/mol. The first-order valence-corrected chi connectivity index (χ1v) is 8.57. The first-order valence-electron chi connectivity index (χ1n) is 6.96. The zero-order valence-electron chi connectivity index (χ0n) is 12.0. The molecule has 1 amide bonds. The maximum atomic E-state index is 13.6. The third-order valence-electron chi connectivity index (χ3n) is 3.15. The zero-order valence-corrected chi connectivity index (χ0v) is 14.4. The van der Waals surface area contributed by atoms with Crippen LogP contribution in [0.2, 0.25) is 0 Å². The molecule has 3 rings (SSSR count). The van der Waals surface area contributed by atoms with Crippen LogP contribution in [0.4, 0.5) is 9.52 Å². The Bertz CT molecular complexity index is 819. The molecule has 0 spiro atoms. The van der Waals surface area contributed by atoms with Gasteiger partial charge in [0, 0.05) is 17.6 Å². The summed E-state index contributed by atoms with van der Waals surface area (Å²) in [5.41, 5.74) is 0.972. The molecule has 23 heavy (non-hydrogen) atoms. The lowest BCUT2D eigenvalue weighted by Gasteiger charge is -2.07. The molecule has 0 bridgehead atoms. The van der Waals surface area contributed by atoms with E-state index in [1.54, 1.807) is 17.4 Å². The number of anilines is 1. The Morgan fingerprint density at radius 2 is 2.04 bits per heavy atom. The van der Waals surface area contributed by atoms with Crippen LogP contribution in [0.15, 0.2) is 46.9 Å². The number of carbonyl (C=O) groups is 1. The fourth-order valence-electron chi connectivity index (χ4n) is 2.06. The van der Waals surface area contributed by atoms with Crippen molar-refractivity contribution in [2.45, 2.75) is 0 Å². The maximum absolute atomic E-state index is 13.6. The van der Waals surface area contributed by atoms with Gasteiger partial charge in [0.1, 0.15) is 5.82 Å². The third-order valence-corrected chi connectivity index (χ3v) is 4.64. The molecule has 0 aliphatic heterocycles. The normalized spacial score (nSPS) is 10.7. The molecular formula is C16H13BrFN3OS. The van der Waals surface area contributed by atoms with Crippen molar-refractivity contribution < 1.29 is 9.18 Å². The van der Waals surface area contributed by atoms with Crippen LogP contribution in [0.3, 0.4) is 0 Å². The second kappa shape index (κ2) is 7.06. The molecule has 0 saturated carbocycles. The number of benzene rings is 2. The molecule has 2 N–H and O–H groups in total. The van der Waals surface area contributed by atoms with Crippen LogP contribution in [0.25, 0.3) is 10.2 Å². The van der Waals surface area contributed by atoms with Gasteiger partial charge >= 0.3 is 0 Å². The molecule has 0 atom stereocenters. The minimum Gasteiger partial charge on any atom is -0.360 e. The Kier molecular flexibility index (Phi) is 4.88. The van der Waals surface area contributed by atoms with E-state index in [1.807, 2.05) is 24.3 Å². The summed E-state index contributed by atoms with van der Waals surface area (Å²) in [7, 11) is 0. The fourth-order valence-corrected chi connectivity index (χ4v) is 3.31. The van der Waals surface area contributed by atoms with Gasteiger partial charge < -0.3 is 10.6 Å². The lowest BCUT2D eigenvalue weighted by molar-refractivity contribution is 0.0951. The number of hydrogen-bond donors (Lipinski definition) is 2. The molecule has 0 saturated heterocycles. The summed E-state index contributed by atoms with van der Waals surface area (Å²) in [6, 6.07) is 12.2. The highest BCUT2D eigenvalue weighted by molar-refractivity contribution is 9.10. The van der Waals surface area contributed by atoms with Crippen molar-refractivity contribution >= 4 is 48.5 Å². The van der Waals surface area contributed by atoms with Crippen LogP contribution in [-0.4, -0.2) is 24.0 Å². The van der Waals surface area contributed by atoms with Crippen molar-refractivity contribution in [3.8, 4) is 0 Å². The second-order valence-corrected chi connectivity index (χ2v) is 6.74. The lowest BCUT2D eigenvalue weighted by atomic mass is 10.2. The summed E-state index contributed by atoms with van der Waals surface area (Å²) in [5.74, 6) is -0.972. The van der Waals surface area contributed by atoms with E-state index in [0.29, 0.717) is 17.6 Å². The van der Waals surface area contributed by atoms with Gasteiger partial charge in [-0.2, -0.15) is 0 Å². The van der Waals surface area contributed by atoms with E-state index in [4.69, 9.17) is 0 Å². The number of aromatic nitrogens is 1. The summed E-state index contributed by atoms with van der Waals surface area (Å²) in [6.45, 7) is 0.891. The smallest absolute Gasteiger partial charge is 0.254 e. The molecule has 118 valence electrons. The minimum absolute atomic E-state index is 0.0272. The number of para-hydroxylation sites is 1. The van der Waals surface area contributed by atoms with Gasteiger partial charge in [-0.1, -0.05) is 39.4 Å². The van der Waals surface area contributed by atoms with Crippen molar-refractivity contribution in [1.82, 2.24) is 10.3 Å². The second-order valence-electron chi connectivity index (χ2n) is 4.79. The Morgan fingerprint density at radius 3 is 2.87 bits per heavy atom. The molecule has 0 aliphatic rings. The number of carbonyl (C=O) groups excluding carboxylic acids is 1. The average Bonchev–Trinajstić information content (AvgIpc) is 2.96. The van der Waals surface area contributed by atoms with Gasteiger partial charge in [0.15, 0.2) is 5.13 Å². The molecule has 1 heterocycles. The van der Waals surface area contributed by atoms with Crippen LogP contribution in [-0.2, 0) is 0 Å².